The molecule has 5 heteroatoms. The summed E-state index contributed by atoms with van der Waals surface area (Å²) in [6, 6.07) is 3.60. The summed E-state index contributed by atoms with van der Waals surface area (Å²) in [5, 5.41) is 12.4. The molecular weight excluding hydrogens is 254 g/mol. The van der Waals surface area contributed by atoms with Gasteiger partial charge in [-0.25, -0.2) is 4.98 Å². The summed E-state index contributed by atoms with van der Waals surface area (Å²) in [6.45, 7) is 4.87. The van der Waals surface area contributed by atoms with E-state index in [1.54, 1.807) is 18.0 Å². The van der Waals surface area contributed by atoms with Crippen LogP contribution in [-0.4, -0.2) is 47.1 Å². The van der Waals surface area contributed by atoms with Crippen LogP contribution in [0, 0.1) is 0 Å². The van der Waals surface area contributed by atoms with E-state index in [1.807, 2.05) is 6.07 Å². The average Bonchev–Trinajstić information content (AvgIpc) is 2.94. The van der Waals surface area contributed by atoms with Crippen molar-refractivity contribution in [2.75, 3.05) is 25.5 Å². The molecule has 1 fully saturated rings. The highest BCUT2D eigenvalue weighted by Gasteiger charge is 2.29. The molecule has 0 bridgehead atoms. The van der Waals surface area contributed by atoms with Crippen LogP contribution in [-0.2, 0) is 0 Å². The normalized spacial score (nSPS) is 18.6. The van der Waals surface area contributed by atoms with Crippen LogP contribution in [0.3, 0.4) is 0 Å². The maximum Gasteiger partial charge on any atom is 0.254 e. The third-order valence-corrected chi connectivity index (χ3v) is 3.79. The fraction of sp³-hybridized carbons (Fsp3) is 0.600. The van der Waals surface area contributed by atoms with E-state index in [0.29, 0.717) is 11.4 Å². The number of aliphatic hydroxyl groups excluding tert-OH is 1. The number of aromatic nitrogens is 1. The minimum Gasteiger partial charge on any atom is -0.394 e. The van der Waals surface area contributed by atoms with Crippen LogP contribution >= 0.6 is 0 Å². The molecule has 2 N–H and O–H groups in total. The lowest BCUT2D eigenvalue weighted by atomic mass is 10.1. The van der Waals surface area contributed by atoms with E-state index in [9.17, 15) is 9.90 Å². The van der Waals surface area contributed by atoms with E-state index in [2.05, 4.69) is 24.1 Å². The van der Waals surface area contributed by atoms with Gasteiger partial charge in [0, 0.05) is 24.8 Å². The van der Waals surface area contributed by atoms with Crippen molar-refractivity contribution in [2.45, 2.75) is 38.6 Å². The molecule has 1 saturated heterocycles. The Hall–Kier alpha value is -1.62. The largest absolute Gasteiger partial charge is 0.394 e. The first kappa shape index (κ1) is 14.8. The number of carbonyl (C=O) groups excluding carboxylic acids is 1. The summed E-state index contributed by atoms with van der Waals surface area (Å²) < 4.78 is 0. The van der Waals surface area contributed by atoms with Gasteiger partial charge in [-0.3, -0.25) is 4.79 Å². The predicted octanol–water partition coefficient (Wildman–Crippen LogP) is 1.84. The first-order valence-electron chi connectivity index (χ1n) is 7.18. The Kier molecular flexibility index (Phi) is 4.60. The van der Waals surface area contributed by atoms with Gasteiger partial charge in [0.25, 0.3) is 5.91 Å². The zero-order chi connectivity index (χ0) is 14.7. The molecule has 0 aliphatic carbocycles. The zero-order valence-corrected chi connectivity index (χ0v) is 12.4. The van der Waals surface area contributed by atoms with Gasteiger partial charge in [-0.2, -0.15) is 0 Å². The Labute approximate surface area is 120 Å². The Morgan fingerprint density at radius 2 is 2.30 bits per heavy atom. The number of hydrogen-bond acceptors (Lipinski definition) is 4. The van der Waals surface area contributed by atoms with Crippen molar-refractivity contribution in [3.63, 3.8) is 0 Å². The van der Waals surface area contributed by atoms with Crippen molar-refractivity contribution < 1.29 is 9.90 Å². The van der Waals surface area contributed by atoms with Crippen molar-refractivity contribution in [3.8, 4) is 0 Å². The fourth-order valence-corrected chi connectivity index (χ4v) is 2.56. The summed E-state index contributed by atoms with van der Waals surface area (Å²) in [5.41, 5.74) is 1.55. The second-order valence-corrected chi connectivity index (χ2v) is 5.55. The smallest absolute Gasteiger partial charge is 0.254 e. The Bertz CT molecular complexity index is 488. The second kappa shape index (κ2) is 6.22. The average molecular weight is 277 g/mol. The fourth-order valence-electron chi connectivity index (χ4n) is 2.56. The molecule has 1 amide bonds. The van der Waals surface area contributed by atoms with Gasteiger partial charge in [0.05, 0.1) is 12.6 Å². The number of hydrogen-bond donors (Lipinski definition) is 2. The molecule has 20 heavy (non-hydrogen) atoms. The van der Waals surface area contributed by atoms with E-state index in [0.717, 1.165) is 25.1 Å². The summed E-state index contributed by atoms with van der Waals surface area (Å²) in [6.07, 6.45) is 1.83. The number of likely N-dealkylation sites (tertiary alicyclic amines) is 1. The highest BCUT2D eigenvalue weighted by Crippen LogP contribution is 2.23. The van der Waals surface area contributed by atoms with Crippen molar-refractivity contribution in [1.29, 1.82) is 0 Å². The molecule has 0 radical (unpaired) electrons. The van der Waals surface area contributed by atoms with E-state index in [-0.39, 0.29) is 24.5 Å². The number of nitrogens with one attached hydrogen (secondary N) is 1. The number of carbonyl (C=O) groups is 1. The molecule has 1 aliphatic rings. The third-order valence-electron chi connectivity index (χ3n) is 3.79. The minimum absolute atomic E-state index is 0.0117. The number of rotatable bonds is 4. The summed E-state index contributed by atoms with van der Waals surface area (Å²) >= 11 is 0. The number of pyridine rings is 1. The summed E-state index contributed by atoms with van der Waals surface area (Å²) in [4.78, 5) is 18.9. The van der Waals surface area contributed by atoms with Gasteiger partial charge in [-0.05, 0) is 30.9 Å². The molecule has 1 aromatic rings. The van der Waals surface area contributed by atoms with Crippen molar-refractivity contribution in [2.24, 2.45) is 0 Å². The first-order valence-corrected chi connectivity index (χ1v) is 7.18. The van der Waals surface area contributed by atoms with Gasteiger partial charge in [0.15, 0.2) is 0 Å². The predicted molar refractivity (Wildman–Crippen MR) is 79.0 cm³/mol. The highest BCUT2D eigenvalue weighted by atomic mass is 16.3. The summed E-state index contributed by atoms with van der Waals surface area (Å²) in [5.74, 6) is 0.962. The van der Waals surface area contributed by atoms with Crippen LogP contribution in [0.1, 0.15) is 48.7 Å². The third kappa shape index (κ3) is 2.93. The van der Waals surface area contributed by atoms with Crippen LogP contribution < -0.4 is 5.32 Å². The number of anilines is 1. The van der Waals surface area contributed by atoms with Gasteiger partial charge in [0.1, 0.15) is 5.82 Å². The van der Waals surface area contributed by atoms with Gasteiger partial charge in [0.2, 0.25) is 0 Å². The highest BCUT2D eigenvalue weighted by molar-refractivity contribution is 5.95. The molecule has 2 heterocycles. The molecular formula is C15H23N3O2. The summed E-state index contributed by atoms with van der Waals surface area (Å²) in [7, 11) is 1.80. The molecule has 110 valence electrons. The first-order chi connectivity index (χ1) is 9.56. The van der Waals surface area contributed by atoms with Crippen LogP contribution in [0.5, 0.6) is 0 Å². The molecule has 0 saturated carbocycles. The van der Waals surface area contributed by atoms with Crippen molar-refractivity contribution in [3.05, 3.63) is 23.4 Å². The second-order valence-electron chi connectivity index (χ2n) is 5.55. The molecule has 2 rings (SSSR count). The molecule has 1 aromatic heterocycles. The van der Waals surface area contributed by atoms with E-state index in [4.69, 9.17) is 0 Å². The zero-order valence-electron chi connectivity index (χ0n) is 12.4. The van der Waals surface area contributed by atoms with E-state index >= 15 is 0 Å². The number of amides is 1. The topological polar surface area (TPSA) is 65.5 Å². The van der Waals surface area contributed by atoms with Crippen molar-refractivity contribution >= 4 is 11.7 Å². The molecule has 5 nitrogen and oxygen atoms in total. The van der Waals surface area contributed by atoms with E-state index in [1.165, 1.54) is 0 Å². The van der Waals surface area contributed by atoms with Crippen LogP contribution in [0.2, 0.25) is 0 Å². The maximum absolute atomic E-state index is 12.6. The minimum atomic E-state index is -0.0452. The molecule has 0 aromatic carbocycles. The Morgan fingerprint density at radius 3 is 2.90 bits per heavy atom. The maximum atomic E-state index is 12.6. The monoisotopic (exact) mass is 277 g/mol. The van der Waals surface area contributed by atoms with Crippen LogP contribution in [0.25, 0.3) is 0 Å². The van der Waals surface area contributed by atoms with Gasteiger partial charge in [-0.15, -0.1) is 0 Å². The molecule has 1 unspecified atom stereocenters. The van der Waals surface area contributed by atoms with Crippen molar-refractivity contribution in [1.82, 2.24) is 9.88 Å². The lowest BCUT2D eigenvalue weighted by molar-refractivity contribution is 0.0677. The van der Waals surface area contributed by atoms with Crippen LogP contribution in [0.4, 0.5) is 5.82 Å². The van der Waals surface area contributed by atoms with Crippen LogP contribution in [0.15, 0.2) is 12.1 Å². The SMILES string of the molecule is CNc1cc(C(=O)N2CCCC2CO)cc(C(C)C)n1. The molecule has 1 aliphatic heterocycles. The standard InChI is InChI=1S/C15H23N3O2/c1-10(2)13-7-11(8-14(16-3)17-13)15(20)18-6-4-5-12(18)9-19/h7-8,10,12,19H,4-6,9H2,1-3H3,(H,16,17). The van der Waals surface area contributed by atoms with E-state index < -0.39 is 0 Å². The lowest BCUT2D eigenvalue weighted by Gasteiger charge is -2.23. The van der Waals surface area contributed by atoms with Gasteiger partial charge < -0.3 is 15.3 Å². The van der Waals surface area contributed by atoms with Gasteiger partial charge in [-0.1, -0.05) is 13.8 Å². The lowest BCUT2D eigenvalue weighted by Crippen LogP contribution is -2.37. The quantitative estimate of drug-likeness (QED) is 0.881. The number of aliphatic hydroxyl groups is 1. The molecule has 0 spiro atoms. The Morgan fingerprint density at radius 1 is 1.55 bits per heavy atom. The number of nitrogens with zero attached hydrogens (tertiary/aromatic N) is 2. The Balaban J connectivity index is 2.31. The van der Waals surface area contributed by atoms with Gasteiger partial charge >= 0.3 is 0 Å². The molecule has 1 atom stereocenters.